The summed E-state index contributed by atoms with van der Waals surface area (Å²) in [4.78, 5) is 2.32. The normalized spacial score (nSPS) is 10.6. The molecule has 0 aliphatic rings. The lowest BCUT2D eigenvalue weighted by Gasteiger charge is -2.24. The third kappa shape index (κ3) is 4.21. The van der Waals surface area contributed by atoms with Crippen LogP contribution in [-0.4, -0.2) is 19.6 Å². The molecule has 0 amide bonds. The van der Waals surface area contributed by atoms with Crippen LogP contribution in [0.3, 0.4) is 0 Å². The number of hydrogen-bond donors (Lipinski definition) is 1. The van der Waals surface area contributed by atoms with Gasteiger partial charge in [0.1, 0.15) is 0 Å². The van der Waals surface area contributed by atoms with E-state index in [1.807, 2.05) is 0 Å². The van der Waals surface area contributed by atoms with Gasteiger partial charge < -0.3 is 10.2 Å². The Kier molecular flexibility index (Phi) is 6.38. The summed E-state index contributed by atoms with van der Waals surface area (Å²) in [6, 6.07) is 6.36. The molecular weight excluding hydrogens is 232 g/mol. The topological polar surface area (TPSA) is 15.3 Å². The van der Waals surface area contributed by atoms with E-state index in [9.17, 15) is 0 Å². The second kappa shape index (κ2) is 7.57. The summed E-state index contributed by atoms with van der Waals surface area (Å²) in [5, 5.41) is 4.16. The minimum atomic E-state index is 0.857. The van der Waals surface area contributed by atoms with E-state index in [0.717, 1.165) is 43.3 Å². The number of nitrogens with one attached hydrogen (secondary N) is 1. The monoisotopic (exact) mass is 254 g/mol. The SMILES string of the molecule is CCCN(CC)c1ccc(CNCC)cc1Cl. The van der Waals surface area contributed by atoms with E-state index in [-0.39, 0.29) is 0 Å². The summed E-state index contributed by atoms with van der Waals surface area (Å²) in [5.41, 5.74) is 2.39. The van der Waals surface area contributed by atoms with Crippen molar-refractivity contribution in [2.75, 3.05) is 24.5 Å². The van der Waals surface area contributed by atoms with E-state index in [0.29, 0.717) is 0 Å². The quantitative estimate of drug-likeness (QED) is 0.799. The standard InChI is InChI=1S/C14H23ClN2/c1-4-9-17(6-3)14-8-7-12(10-13(14)15)11-16-5-2/h7-8,10,16H,4-6,9,11H2,1-3H3. The van der Waals surface area contributed by atoms with Gasteiger partial charge in [0.05, 0.1) is 10.7 Å². The van der Waals surface area contributed by atoms with Gasteiger partial charge in [-0.15, -0.1) is 0 Å². The maximum atomic E-state index is 6.35. The highest BCUT2D eigenvalue weighted by atomic mass is 35.5. The Labute approximate surface area is 110 Å². The van der Waals surface area contributed by atoms with E-state index in [1.165, 1.54) is 5.56 Å². The highest BCUT2D eigenvalue weighted by molar-refractivity contribution is 6.33. The van der Waals surface area contributed by atoms with Crippen molar-refractivity contribution in [2.45, 2.75) is 33.7 Å². The Bertz CT molecular complexity index is 339. The van der Waals surface area contributed by atoms with E-state index < -0.39 is 0 Å². The number of hydrogen-bond acceptors (Lipinski definition) is 2. The Hall–Kier alpha value is -0.730. The van der Waals surface area contributed by atoms with Gasteiger partial charge >= 0.3 is 0 Å². The van der Waals surface area contributed by atoms with E-state index >= 15 is 0 Å². The molecule has 1 aromatic rings. The number of rotatable bonds is 7. The van der Waals surface area contributed by atoms with Crippen LogP contribution < -0.4 is 10.2 Å². The van der Waals surface area contributed by atoms with Crippen LogP contribution in [0.1, 0.15) is 32.8 Å². The average Bonchev–Trinajstić information content (AvgIpc) is 2.34. The molecule has 3 heteroatoms. The Balaban J connectivity index is 2.80. The molecule has 0 aromatic heterocycles. The number of anilines is 1. The molecule has 0 atom stereocenters. The van der Waals surface area contributed by atoms with Gasteiger partial charge in [-0.2, -0.15) is 0 Å². The molecule has 0 aliphatic carbocycles. The Morgan fingerprint density at radius 3 is 2.53 bits per heavy atom. The van der Waals surface area contributed by atoms with E-state index in [4.69, 9.17) is 11.6 Å². The first kappa shape index (κ1) is 14.3. The van der Waals surface area contributed by atoms with Crippen molar-refractivity contribution in [1.82, 2.24) is 5.32 Å². The second-order valence-corrected chi connectivity index (χ2v) is 4.55. The fourth-order valence-electron chi connectivity index (χ4n) is 1.90. The first-order valence-corrected chi connectivity index (χ1v) is 6.84. The van der Waals surface area contributed by atoms with Gasteiger partial charge in [-0.25, -0.2) is 0 Å². The average molecular weight is 255 g/mol. The molecule has 1 aromatic carbocycles. The maximum absolute atomic E-state index is 6.35. The van der Waals surface area contributed by atoms with Crippen molar-refractivity contribution in [2.24, 2.45) is 0 Å². The number of halogens is 1. The molecule has 1 N–H and O–H groups in total. The molecule has 0 fully saturated rings. The highest BCUT2D eigenvalue weighted by Gasteiger charge is 2.08. The van der Waals surface area contributed by atoms with Crippen molar-refractivity contribution in [3.05, 3.63) is 28.8 Å². The molecule has 0 radical (unpaired) electrons. The minimum absolute atomic E-state index is 0.857. The first-order valence-electron chi connectivity index (χ1n) is 6.47. The maximum Gasteiger partial charge on any atom is 0.0642 e. The third-order valence-electron chi connectivity index (χ3n) is 2.81. The molecular formula is C14H23ClN2. The van der Waals surface area contributed by atoms with Crippen LogP contribution in [0.25, 0.3) is 0 Å². The molecule has 0 unspecified atom stereocenters. The van der Waals surface area contributed by atoms with Crippen LogP contribution in [0.5, 0.6) is 0 Å². The van der Waals surface area contributed by atoms with Crippen molar-refractivity contribution in [3.63, 3.8) is 0 Å². The van der Waals surface area contributed by atoms with Crippen molar-refractivity contribution >= 4 is 17.3 Å². The van der Waals surface area contributed by atoms with Gasteiger partial charge in [-0.05, 0) is 37.6 Å². The summed E-state index contributed by atoms with van der Waals surface area (Å²) in [7, 11) is 0. The van der Waals surface area contributed by atoms with Crippen molar-refractivity contribution < 1.29 is 0 Å². The summed E-state index contributed by atoms with van der Waals surface area (Å²) in [5.74, 6) is 0. The molecule has 17 heavy (non-hydrogen) atoms. The third-order valence-corrected chi connectivity index (χ3v) is 3.11. The fourth-order valence-corrected chi connectivity index (χ4v) is 2.23. The predicted octanol–water partition coefficient (Wildman–Crippen LogP) is 3.69. The molecule has 96 valence electrons. The van der Waals surface area contributed by atoms with Gasteiger partial charge in [-0.1, -0.05) is 31.5 Å². The Morgan fingerprint density at radius 1 is 1.24 bits per heavy atom. The van der Waals surface area contributed by atoms with Crippen LogP contribution >= 0.6 is 11.6 Å². The van der Waals surface area contributed by atoms with Crippen LogP contribution in [0, 0.1) is 0 Å². The zero-order valence-corrected chi connectivity index (χ0v) is 11.8. The van der Waals surface area contributed by atoms with E-state index in [1.54, 1.807) is 0 Å². The molecule has 0 aliphatic heterocycles. The van der Waals surface area contributed by atoms with Gasteiger partial charge in [0.25, 0.3) is 0 Å². The zero-order valence-electron chi connectivity index (χ0n) is 11.1. The van der Waals surface area contributed by atoms with Crippen LogP contribution in [0.4, 0.5) is 5.69 Å². The zero-order chi connectivity index (χ0) is 12.7. The van der Waals surface area contributed by atoms with Gasteiger partial charge in [-0.3, -0.25) is 0 Å². The highest BCUT2D eigenvalue weighted by Crippen LogP contribution is 2.27. The molecule has 1 rings (SSSR count). The first-order chi connectivity index (χ1) is 8.22. The lowest BCUT2D eigenvalue weighted by Crippen LogP contribution is -2.23. The minimum Gasteiger partial charge on any atom is -0.371 e. The summed E-state index contributed by atoms with van der Waals surface area (Å²) in [6.45, 7) is 10.4. The number of benzene rings is 1. The van der Waals surface area contributed by atoms with Gasteiger partial charge in [0, 0.05) is 19.6 Å². The molecule has 0 spiro atoms. The summed E-state index contributed by atoms with van der Waals surface area (Å²) >= 11 is 6.35. The van der Waals surface area contributed by atoms with Crippen LogP contribution in [-0.2, 0) is 6.54 Å². The van der Waals surface area contributed by atoms with Crippen molar-refractivity contribution in [1.29, 1.82) is 0 Å². The summed E-state index contributed by atoms with van der Waals surface area (Å²) < 4.78 is 0. The molecule has 0 heterocycles. The lowest BCUT2D eigenvalue weighted by molar-refractivity contribution is 0.726. The smallest absolute Gasteiger partial charge is 0.0642 e. The van der Waals surface area contributed by atoms with Crippen molar-refractivity contribution in [3.8, 4) is 0 Å². The molecule has 0 bridgehead atoms. The fraction of sp³-hybridized carbons (Fsp3) is 0.571. The molecule has 0 saturated carbocycles. The van der Waals surface area contributed by atoms with Gasteiger partial charge in [0.15, 0.2) is 0 Å². The summed E-state index contributed by atoms with van der Waals surface area (Å²) in [6.07, 6.45) is 1.14. The molecule has 2 nitrogen and oxygen atoms in total. The second-order valence-electron chi connectivity index (χ2n) is 4.15. The predicted molar refractivity (Wildman–Crippen MR) is 77.0 cm³/mol. The van der Waals surface area contributed by atoms with Gasteiger partial charge in [0.2, 0.25) is 0 Å². The Morgan fingerprint density at radius 2 is 2.00 bits per heavy atom. The largest absolute Gasteiger partial charge is 0.371 e. The van der Waals surface area contributed by atoms with E-state index in [2.05, 4.69) is 49.2 Å². The lowest BCUT2D eigenvalue weighted by atomic mass is 10.2. The molecule has 0 saturated heterocycles. The number of nitrogens with zero attached hydrogens (tertiary/aromatic N) is 1. The van der Waals surface area contributed by atoms with Crippen LogP contribution in [0.2, 0.25) is 5.02 Å². The van der Waals surface area contributed by atoms with Crippen LogP contribution in [0.15, 0.2) is 18.2 Å².